The second-order valence-corrected chi connectivity index (χ2v) is 32.1. The standard InChI is InChI=1S/C52H39BN4.C40H31BN4.C6H5I/c1-52(2,3)38-32-47-49-48(33-38)57(40-18-8-5-9-19-40)46-25-23-37(51-42-21-13-11-15-35(42)27-29-55-51)31-44(46)53(49)43-30-36(50-41-20-12-10-14-34(41)26-28-54-50)22-24-45(43)56(47)39-16-6-4-7-17-39;1-40(2,3)28-22-35-37-36(23-28)45-34-15-13-27(39-30-11-7-5-9-25(30)17-19-43-39)21-32(34)41(37)31-20-26(12-14-33(31)44-35)38-29-10-6-4-8-24(29)16-18-42-38;7-6-4-2-1-3-5-6/h4-33H,1-3H3;4-23,44-45H,1-3H3;1-5H. The van der Waals surface area contributed by atoms with E-state index >= 15 is 0 Å². The third-order valence-corrected chi connectivity index (χ3v) is 22.8. The van der Waals surface area contributed by atoms with Crippen LogP contribution in [0.25, 0.3) is 88.1 Å². The first kappa shape index (κ1) is 67.2. The first-order valence-corrected chi connectivity index (χ1v) is 38.6. The fourth-order valence-electron chi connectivity index (χ4n) is 16.8. The van der Waals surface area contributed by atoms with Crippen LogP contribution in [0.5, 0.6) is 0 Å². The minimum absolute atomic E-state index is 0.0126. The summed E-state index contributed by atoms with van der Waals surface area (Å²) >= 11 is 2.28. The monoisotopic (exact) mass is 1510 g/mol. The zero-order valence-electron chi connectivity index (χ0n) is 61.5. The molecule has 0 saturated heterocycles. The molecule has 0 unspecified atom stereocenters. The number of rotatable bonds is 6. The van der Waals surface area contributed by atoms with E-state index in [1.165, 1.54) is 91.8 Å². The molecule has 4 aromatic heterocycles. The summed E-state index contributed by atoms with van der Waals surface area (Å²) in [7, 11) is 0. The molecular formula is C98H75B2IN8. The summed E-state index contributed by atoms with van der Waals surface area (Å²) in [6.07, 6.45) is 7.71. The average molecular weight is 1510 g/mol. The van der Waals surface area contributed by atoms with Gasteiger partial charge in [-0.05, 0) is 208 Å². The lowest BCUT2D eigenvalue weighted by molar-refractivity contribution is 0.590. The van der Waals surface area contributed by atoms with Crippen LogP contribution in [0.4, 0.5) is 56.9 Å². The SMILES string of the molecule is CC(C)(C)c1cc2c3c(c1)N(c1ccccc1)c1ccc(-c4nccc5ccccc45)cc1B3c1cc(-c3nccc4ccccc34)ccc1N2c1ccccc1.CC(C)(C)c1cc2c3c(c1)Nc1ccc(-c4nccc5ccccc45)cc1B3c1cc(-c3nccc4ccccc34)ccc1N2.Ic1ccccc1. The summed E-state index contributed by atoms with van der Waals surface area (Å²) < 4.78 is 1.29. The van der Waals surface area contributed by atoms with E-state index < -0.39 is 0 Å². The van der Waals surface area contributed by atoms with Crippen LogP contribution >= 0.6 is 22.6 Å². The number of hydrogen-bond donors (Lipinski definition) is 2. The topological polar surface area (TPSA) is 82.1 Å². The number of hydrogen-bond acceptors (Lipinski definition) is 8. The number of fused-ring (bicyclic) bond motifs is 12. The number of pyridine rings is 4. The Labute approximate surface area is 650 Å². The molecule has 21 rings (SSSR count). The molecule has 0 saturated carbocycles. The van der Waals surface area contributed by atoms with Crippen molar-refractivity contribution in [3.63, 3.8) is 0 Å². The summed E-state index contributed by atoms with van der Waals surface area (Å²) in [6.45, 7) is 13.8. The Kier molecular flexibility index (Phi) is 16.7. The van der Waals surface area contributed by atoms with Crippen LogP contribution in [-0.4, -0.2) is 33.4 Å². The molecule has 2 N–H and O–H groups in total. The molecule has 0 aliphatic carbocycles. The Morgan fingerprint density at radius 1 is 0.284 bits per heavy atom. The zero-order chi connectivity index (χ0) is 73.7. The van der Waals surface area contributed by atoms with Crippen molar-refractivity contribution in [1.29, 1.82) is 0 Å². The van der Waals surface area contributed by atoms with E-state index in [1.54, 1.807) is 0 Å². The van der Waals surface area contributed by atoms with Gasteiger partial charge in [0.15, 0.2) is 0 Å². The van der Waals surface area contributed by atoms with Gasteiger partial charge in [-0.3, -0.25) is 19.9 Å². The number of halogens is 1. The van der Waals surface area contributed by atoms with Crippen molar-refractivity contribution in [2.45, 2.75) is 52.4 Å². The van der Waals surface area contributed by atoms with Gasteiger partial charge >= 0.3 is 0 Å². The van der Waals surface area contributed by atoms with Gasteiger partial charge in [0.05, 0.1) is 22.8 Å². The van der Waals surface area contributed by atoms with Crippen LogP contribution in [0, 0.1) is 3.57 Å². The number of nitrogens with zero attached hydrogens (tertiary/aromatic N) is 6. The van der Waals surface area contributed by atoms with Crippen molar-refractivity contribution in [3.8, 4) is 45.0 Å². The van der Waals surface area contributed by atoms with Crippen molar-refractivity contribution < 1.29 is 0 Å². The van der Waals surface area contributed by atoms with Gasteiger partial charge in [-0.1, -0.05) is 242 Å². The lowest BCUT2D eigenvalue weighted by Crippen LogP contribution is -2.61. The maximum absolute atomic E-state index is 5.02. The van der Waals surface area contributed by atoms with Gasteiger partial charge < -0.3 is 20.4 Å². The number of benzene rings is 13. The average Bonchev–Trinajstić information content (AvgIpc) is 0.702. The minimum atomic E-state index is -0.0971. The zero-order valence-corrected chi connectivity index (χ0v) is 63.6. The molecule has 4 aliphatic heterocycles. The molecule has 0 bridgehead atoms. The molecule has 0 atom stereocenters. The molecule has 8 nitrogen and oxygen atoms in total. The lowest BCUT2D eigenvalue weighted by Gasteiger charge is -2.45. The molecule has 8 heterocycles. The fourth-order valence-corrected chi connectivity index (χ4v) is 17.2. The first-order valence-electron chi connectivity index (χ1n) is 37.5. The van der Waals surface area contributed by atoms with E-state index in [9.17, 15) is 0 Å². The van der Waals surface area contributed by atoms with Gasteiger partial charge in [0.2, 0.25) is 0 Å². The first-order chi connectivity index (χ1) is 53.2. The number of aromatic nitrogens is 4. The smallest absolute Gasteiger partial charge is 0.252 e. The summed E-state index contributed by atoms with van der Waals surface area (Å²) in [5.41, 5.74) is 30.2. The highest BCUT2D eigenvalue weighted by atomic mass is 127. The van der Waals surface area contributed by atoms with E-state index in [-0.39, 0.29) is 24.3 Å². The van der Waals surface area contributed by atoms with Gasteiger partial charge in [-0.2, -0.15) is 0 Å². The van der Waals surface area contributed by atoms with E-state index in [0.717, 1.165) is 101 Å². The Morgan fingerprint density at radius 3 is 0.945 bits per heavy atom. The van der Waals surface area contributed by atoms with Crippen LogP contribution < -0.4 is 53.2 Å². The van der Waals surface area contributed by atoms with E-state index in [0.29, 0.717) is 0 Å². The largest absolute Gasteiger partial charge is 0.356 e. The van der Waals surface area contributed by atoms with Gasteiger partial charge in [-0.25, -0.2) is 0 Å². The van der Waals surface area contributed by atoms with Crippen LogP contribution in [0.2, 0.25) is 0 Å². The maximum atomic E-state index is 5.02. The molecule has 109 heavy (non-hydrogen) atoms. The highest BCUT2D eigenvalue weighted by Crippen LogP contribution is 2.48. The predicted octanol–water partition coefficient (Wildman–Crippen LogP) is 21.8. The second-order valence-electron chi connectivity index (χ2n) is 30.8. The molecule has 4 aliphatic rings. The van der Waals surface area contributed by atoms with Crippen molar-refractivity contribution in [1.82, 2.24) is 19.9 Å². The minimum Gasteiger partial charge on any atom is -0.356 e. The molecule has 520 valence electrons. The van der Waals surface area contributed by atoms with Gasteiger partial charge in [0.25, 0.3) is 13.4 Å². The van der Waals surface area contributed by atoms with Crippen LogP contribution in [0.15, 0.2) is 334 Å². The highest BCUT2D eigenvalue weighted by Gasteiger charge is 2.45. The third kappa shape index (κ3) is 12.0. The summed E-state index contributed by atoms with van der Waals surface area (Å²) in [4.78, 5) is 24.8. The van der Waals surface area contributed by atoms with E-state index in [2.05, 4.69) is 376 Å². The molecule has 17 aromatic rings. The van der Waals surface area contributed by atoms with E-state index in [4.69, 9.17) is 19.9 Å². The summed E-state index contributed by atoms with van der Waals surface area (Å²) in [5.74, 6) is 0. The molecule has 0 amide bonds. The molecular weight excluding hydrogens is 1440 g/mol. The second kappa shape index (κ2) is 27.1. The highest BCUT2D eigenvalue weighted by molar-refractivity contribution is 14.1. The van der Waals surface area contributed by atoms with Crippen LogP contribution in [0.3, 0.4) is 0 Å². The fraction of sp³-hybridized carbons (Fsp3) is 0.0816. The lowest BCUT2D eigenvalue weighted by atomic mass is 9.33. The van der Waals surface area contributed by atoms with Crippen LogP contribution in [-0.2, 0) is 10.8 Å². The third-order valence-electron chi connectivity index (χ3n) is 22.1. The van der Waals surface area contributed by atoms with Crippen LogP contribution in [0.1, 0.15) is 52.7 Å². The molecule has 0 radical (unpaired) electrons. The Bertz CT molecular complexity index is 6090. The quantitative estimate of drug-likeness (QED) is 0.126. The molecule has 0 fully saturated rings. The van der Waals surface area contributed by atoms with Gasteiger partial charge in [0.1, 0.15) is 0 Å². The number of para-hydroxylation sites is 2. The maximum Gasteiger partial charge on any atom is 0.252 e. The number of nitrogens with one attached hydrogen (secondary N) is 2. The molecule has 11 heteroatoms. The van der Waals surface area contributed by atoms with Gasteiger partial charge in [0, 0.05) is 129 Å². The van der Waals surface area contributed by atoms with E-state index in [1.807, 2.05) is 43.0 Å². The van der Waals surface area contributed by atoms with Crippen molar-refractivity contribution >= 4 is 169 Å². The Balaban J connectivity index is 0.000000139. The Morgan fingerprint density at radius 2 is 0.596 bits per heavy atom. The van der Waals surface area contributed by atoms with Crippen molar-refractivity contribution in [2.24, 2.45) is 0 Å². The molecule has 0 spiro atoms. The normalized spacial score (nSPS) is 12.8. The van der Waals surface area contributed by atoms with Crippen molar-refractivity contribution in [2.75, 3.05) is 20.4 Å². The predicted molar refractivity (Wildman–Crippen MR) is 471 cm³/mol. The van der Waals surface area contributed by atoms with Crippen molar-refractivity contribution in [3.05, 3.63) is 349 Å². The summed E-state index contributed by atoms with van der Waals surface area (Å²) in [5, 5.41) is 17.0. The van der Waals surface area contributed by atoms with Gasteiger partial charge in [-0.15, -0.1) is 0 Å². The summed E-state index contributed by atoms with van der Waals surface area (Å²) in [6, 6.07) is 112. The Hall–Kier alpha value is -12.4. The number of anilines is 10. The molecule has 13 aromatic carbocycles.